The van der Waals surface area contributed by atoms with E-state index >= 15 is 0 Å². The molecule has 1 fully saturated rings. The highest BCUT2D eigenvalue weighted by Gasteiger charge is 2.43. The fraction of sp³-hybridized carbons (Fsp3) is 0.476. The van der Waals surface area contributed by atoms with Crippen molar-refractivity contribution in [2.45, 2.75) is 90.4 Å². The van der Waals surface area contributed by atoms with Crippen LogP contribution in [0, 0.1) is 17.2 Å². The number of carbonyl (C=O) groups excluding carboxylic acids is 3. The van der Waals surface area contributed by atoms with Crippen LogP contribution < -0.4 is 5.32 Å². The molecule has 1 aliphatic rings. The largest absolute Gasteiger partial charge is 0.453 e. The zero-order chi connectivity index (χ0) is 38.8. The van der Waals surface area contributed by atoms with Crippen molar-refractivity contribution in [1.29, 1.82) is 5.26 Å². The molecule has 0 saturated carbocycles. The maximum absolute atomic E-state index is 14.4. The second-order valence-electron chi connectivity index (χ2n) is 14.7. The lowest BCUT2D eigenvalue weighted by Gasteiger charge is -2.44. The Morgan fingerprint density at radius 3 is 2.55 bits per heavy atom. The molecule has 0 aromatic heterocycles. The van der Waals surface area contributed by atoms with Crippen molar-refractivity contribution in [1.82, 2.24) is 15.1 Å². The van der Waals surface area contributed by atoms with Crippen LogP contribution in [0.3, 0.4) is 0 Å². The van der Waals surface area contributed by atoms with E-state index in [0.29, 0.717) is 67.9 Å². The summed E-state index contributed by atoms with van der Waals surface area (Å²) in [6.45, 7) is 8.90. The molecule has 3 aromatic rings. The number of halogens is 1. The van der Waals surface area contributed by atoms with E-state index in [1.807, 2.05) is 63.2 Å². The summed E-state index contributed by atoms with van der Waals surface area (Å²) in [5.41, 5.74) is 3.48. The van der Waals surface area contributed by atoms with Gasteiger partial charge in [-0.25, -0.2) is 9.59 Å². The summed E-state index contributed by atoms with van der Waals surface area (Å²) < 4.78 is 10.3. The molecule has 2 unspecified atom stereocenters. The third-order valence-corrected chi connectivity index (χ3v) is 10.0. The molecule has 2 atom stereocenters. The molecule has 0 aliphatic carbocycles. The molecule has 0 spiro atoms. The van der Waals surface area contributed by atoms with E-state index in [4.69, 9.17) is 21.1 Å². The lowest BCUT2D eigenvalue weighted by atomic mass is 9.72. The molecule has 53 heavy (non-hydrogen) atoms. The quantitative estimate of drug-likeness (QED) is 0.168. The number of nitriles is 1. The van der Waals surface area contributed by atoms with E-state index in [9.17, 15) is 24.8 Å². The van der Waals surface area contributed by atoms with Crippen LogP contribution in [-0.4, -0.2) is 72.4 Å². The number of nitrogens with zero attached hydrogens (tertiary/aromatic N) is 3. The van der Waals surface area contributed by atoms with Crippen molar-refractivity contribution < 1.29 is 29.0 Å². The van der Waals surface area contributed by atoms with Crippen LogP contribution in [0.5, 0.6) is 0 Å². The van der Waals surface area contributed by atoms with Gasteiger partial charge in [0, 0.05) is 61.7 Å². The van der Waals surface area contributed by atoms with E-state index < -0.39 is 23.4 Å². The minimum absolute atomic E-state index is 0.175. The number of benzene rings is 3. The summed E-state index contributed by atoms with van der Waals surface area (Å²) in [5.74, 6) is -0.527. The van der Waals surface area contributed by atoms with Gasteiger partial charge in [-0.2, -0.15) is 5.26 Å². The summed E-state index contributed by atoms with van der Waals surface area (Å²) in [7, 11) is 2.97. The van der Waals surface area contributed by atoms with Crippen molar-refractivity contribution in [3.05, 3.63) is 93.5 Å². The number of amides is 3. The van der Waals surface area contributed by atoms with Gasteiger partial charge in [-0.3, -0.25) is 4.79 Å². The molecular formula is C42H53ClN4O6. The molecule has 0 bridgehead atoms. The van der Waals surface area contributed by atoms with Crippen LogP contribution in [-0.2, 0) is 34.5 Å². The SMILES string of the molecule is CCc1cccc(-c2c(Cl)cccc2C(O)(CCCNC(=O)OC)C2CCCN(C(=O)c3ccc(CN(C)C(=O)OC(C)(C)C)cc3CCC#N)C2)c1. The molecule has 10 nitrogen and oxygen atoms in total. The molecule has 11 heteroatoms. The standard InChI is InChI=1S/C42H53ClN4O6/c1-7-29-13-8-14-32(25-29)37-35(17-9-18-36(37)43)42(51,21-12-23-45-39(49)52-6)33-16-11-24-47(28-33)38(48)34-20-19-30(26-31(34)15-10-22-44)27-46(5)40(50)53-41(2,3)4/h8-9,13-14,17-20,25-26,33,51H,7,10-12,15-16,21,23-24,27-28H2,1-6H3,(H,45,49). The molecule has 1 heterocycles. The first-order valence-electron chi connectivity index (χ1n) is 18.3. The Morgan fingerprint density at radius 1 is 1.09 bits per heavy atom. The number of aliphatic hydroxyl groups is 1. The van der Waals surface area contributed by atoms with Crippen LogP contribution in [0.2, 0.25) is 5.02 Å². The van der Waals surface area contributed by atoms with Crippen molar-refractivity contribution in [2.75, 3.05) is 33.8 Å². The van der Waals surface area contributed by atoms with Crippen LogP contribution in [0.4, 0.5) is 9.59 Å². The first-order chi connectivity index (χ1) is 25.2. The zero-order valence-corrected chi connectivity index (χ0v) is 32.6. The number of ether oxygens (including phenoxy) is 2. The Labute approximate surface area is 319 Å². The van der Waals surface area contributed by atoms with Gasteiger partial charge in [0.25, 0.3) is 5.91 Å². The Balaban J connectivity index is 1.68. The molecule has 4 rings (SSSR count). The number of methoxy groups -OCH3 is 1. The number of alkyl carbamates (subject to hydrolysis) is 1. The number of hydrogen-bond acceptors (Lipinski definition) is 7. The fourth-order valence-corrected chi connectivity index (χ4v) is 7.34. The maximum atomic E-state index is 14.4. The van der Waals surface area contributed by atoms with Crippen molar-refractivity contribution >= 4 is 29.7 Å². The van der Waals surface area contributed by atoms with Gasteiger partial charge >= 0.3 is 12.2 Å². The van der Waals surface area contributed by atoms with E-state index in [1.165, 1.54) is 12.0 Å². The van der Waals surface area contributed by atoms with Crippen LogP contribution in [0.25, 0.3) is 11.1 Å². The highest BCUT2D eigenvalue weighted by Crippen LogP contribution is 2.46. The minimum Gasteiger partial charge on any atom is -0.453 e. The first-order valence-corrected chi connectivity index (χ1v) is 18.7. The normalized spacial score (nSPS) is 15.5. The highest BCUT2D eigenvalue weighted by molar-refractivity contribution is 6.33. The number of carbonyl (C=O) groups is 3. The van der Waals surface area contributed by atoms with Gasteiger partial charge in [-0.15, -0.1) is 0 Å². The van der Waals surface area contributed by atoms with Crippen molar-refractivity contribution in [3.8, 4) is 17.2 Å². The Kier molecular flexibility index (Phi) is 14.3. The van der Waals surface area contributed by atoms with Gasteiger partial charge < -0.3 is 29.7 Å². The Morgan fingerprint density at radius 2 is 1.85 bits per heavy atom. The van der Waals surface area contributed by atoms with Gasteiger partial charge in [0.1, 0.15) is 5.60 Å². The molecule has 0 radical (unpaired) electrons. The molecule has 2 N–H and O–H groups in total. The van der Waals surface area contributed by atoms with Gasteiger partial charge in [0.2, 0.25) is 0 Å². The second kappa shape index (κ2) is 18.4. The minimum atomic E-state index is -1.40. The number of rotatable bonds is 13. The lowest BCUT2D eigenvalue weighted by molar-refractivity contribution is -0.0563. The molecule has 284 valence electrons. The third kappa shape index (κ3) is 10.7. The van der Waals surface area contributed by atoms with Crippen LogP contribution in [0.15, 0.2) is 60.7 Å². The van der Waals surface area contributed by atoms with E-state index in [1.54, 1.807) is 18.0 Å². The summed E-state index contributed by atoms with van der Waals surface area (Å²) in [6, 6.07) is 21.4. The van der Waals surface area contributed by atoms with Crippen molar-refractivity contribution in [2.24, 2.45) is 5.92 Å². The maximum Gasteiger partial charge on any atom is 0.410 e. The summed E-state index contributed by atoms with van der Waals surface area (Å²) in [4.78, 5) is 42.1. The summed E-state index contributed by atoms with van der Waals surface area (Å²) in [5, 5.41) is 25.7. The highest BCUT2D eigenvalue weighted by atomic mass is 35.5. The number of likely N-dealkylation sites (tertiary alicyclic amines) is 1. The molecule has 1 saturated heterocycles. The number of aryl methyl sites for hydroxylation is 2. The molecule has 3 amide bonds. The Hall–Kier alpha value is -4.59. The molecular weight excluding hydrogens is 692 g/mol. The zero-order valence-electron chi connectivity index (χ0n) is 31.8. The topological polar surface area (TPSA) is 132 Å². The first kappa shape index (κ1) is 41.2. The summed E-state index contributed by atoms with van der Waals surface area (Å²) >= 11 is 6.93. The van der Waals surface area contributed by atoms with Crippen molar-refractivity contribution in [3.63, 3.8) is 0 Å². The van der Waals surface area contributed by atoms with Gasteiger partial charge in [-0.1, -0.05) is 67.1 Å². The smallest absolute Gasteiger partial charge is 0.410 e. The van der Waals surface area contributed by atoms with Crippen LogP contribution in [0.1, 0.15) is 92.4 Å². The van der Waals surface area contributed by atoms with Crippen LogP contribution >= 0.6 is 11.6 Å². The van der Waals surface area contributed by atoms with E-state index in [2.05, 4.69) is 30.4 Å². The monoisotopic (exact) mass is 744 g/mol. The number of piperidine rings is 1. The third-order valence-electron chi connectivity index (χ3n) is 9.71. The molecule has 3 aromatic carbocycles. The average molecular weight is 745 g/mol. The second-order valence-corrected chi connectivity index (χ2v) is 15.1. The predicted molar refractivity (Wildman–Crippen MR) is 207 cm³/mol. The van der Waals surface area contributed by atoms with Gasteiger partial charge in [0.05, 0.1) is 18.8 Å². The van der Waals surface area contributed by atoms with E-state index in [-0.39, 0.29) is 24.8 Å². The van der Waals surface area contributed by atoms with Gasteiger partial charge in [0.15, 0.2) is 0 Å². The lowest BCUT2D eigenvalue weighted by Crippen LogP contribution is -2.48. The predicted octanol–water partition coefficient (Wildman–Crippen LogP) is 8.27. The average Bonchev–Trinajstić information content (AvgIpc) is 3.14. The number of hydrogen-bond donors (Lipinski definition) is 2. The molecule has 1 aliphatic heterocycles. The fourth-order valence-electron chi connectivity index (χ4n) is 7.06. The number of nitrogens with one attached hydrogen (secondary N) is 1. The Bertz CT molecular complexity index is 1800. The van der Waals surface area contributed by atoms with E-state index in [0.717, 1.165) is 34.2 Å². The summed E-state index contributed by atoms with van der Waals surface area (Å²) in [6.07, 6.45) is 2.54. The van der Waals surface area contributed by atoms with Gasteiger partial charge in [-0.05, 0) is 99.2 Å².